The first-order valence-corrected chi connectivity index (χ1v) is 10.0. The molecule has 0 bridgehead atoms. The zero-order valence-electron chi connectivity index (χ0n) is 16.6. The highest BCUT2D eigenvalue weighted by Gasteiger charge is 2.38. The van der Waals surface area contributed by atoms with Gasteiger partial charge < -0.3 is 5.32 Å². The molecule has 1 N–H and O–H groups in total. The molecule has 0 amide bonds. The van der Waals surface area contributed by atoms with Crippen LogP contribution < -0.4 is 5.32 Å². The van der Waals surface area contributed by atoms with Crippen molar-refractivity contribution in [1.29, 1.82) is 0 Å². The summed E-state index contributed by atoms with van der Waals surface area (Å²) in [5.74, 6) is 0.0252. The van der Waals surface area contributed by atoms with Crippen molar-refractivity contribution in [3.63, 3.8) is 0 Å². The fraction of sp³-hybridized carbons (Fsp3) is 0.409. The number of Topliss-reactive ketones (excluding diaryl/α,β-unsaturated/α-hetero) is 1. The van der Waals surface area contributed by atoms with Crippen LogP contribution in [0.1, 0.15) is 49.1 Å². The summed E-state index contributed by atoms with van der Waals surface area (Å²) in [6, 6.07) is 11.9. The first-order valence-electron chi connectivity index (χ1n) is 10.0. The summed E-state index contributed by atoms with van der Waals surface area (Å²) in [5.41, 5.74) is -0.0606. The lowest BCUT2D eigenvalue weighted by Crippen LogP contribution is -2.45. The van der Waals surface area contributed by atoms with Crippen LogP contribution in [0.25, 0.3) is 5.65 Å². The Balaban J connectivity index is 1.72. The predicted octanol–water partition coefficient (Wildman–Crippen LogP) is 4.18. The molecule has 0 aliphatic carbocycles. The van der Waals surface area contributed by atoms with Crippen LogP contribution in [-0.2, 0) is 17.4 Å². The number of hydrogen-bond donors (Lipinski definition) is 1. The number of nitrogens with zero attached hydrogens (tertiary/aromatic N) is 3. The van der Waals surface area contributed by atoms with Crippen molar-refractivity contribution in [3.8, 4) is 0 Å². The summed E-state index contributed by atoms with van der Waals surface area (Å²) >= 11 is 0. The maximum atomic E-state index is 13.3. The van der Waals surface area contributed by atoms with Crippen LogP contribution in [0.15, 0.2) is 48.7 Å². The van der Waals surface area contributed by atoms with Crippen LogP contribution in [0.5, 0.6) is 0 Å². The van der Waals surface area contributed by atoms with Gasteiger partial charge >= 0.3 is 6.18 Å². The first kappa shape index (κ1) is 20.5. The minimum absolute atomic E-state index is 0.0460. The van der Waals surface area contributed by atoms with Gasteiger partial charge in [-0.3, -0.25) is 9.20 Å². The molecule has 2 aromatic heterocycles. The molecule has 158 valence electrons. The highest BCUT2D eigenvalue weighted by molar-refractivity contribution is 5.89. The highest BCUT2D eigenvalue weighted by atomic mass is 19.4. The van der Waals surface area contributed by atoms with E-state index in [1.54, 1.807) is 0 Å². The van der Waals surface area contributed by atoms with Gasteiger partial charge in [0, 0.05) is 18.5 Å². The number of benzene rings is 1. The van der Waals surface area contributed by atoms with Gasteiger partial charge in [0.1, 0.15) is 5.82 Å². The number of alkyl halides is 3. The van der Waals surface area contributed by atoms with Crippen LogP contribution >= 0.6 is 0 Å². The van der Waals surface area contributed by atoms with E-state index in [9.17, 15) is 18.0 Å². The van der Waals surface area contributed by atoms with Crippen molar-refractivity contribution in [2.75, 3.05) is 6.54 Å². The molecular formula is C22H23F3N4O. The molecular weight excluding hydrogens is 393 g/mol. The molecule has 3 heterocycles. The monoisotopic (exact) mass is 416 g/mol. The SMILES string of the molecule is CC1(C(=O)C[C@H](Cc2ccccc2)c2nnc3ccc(C(F)(F)F)cn23)CCCN1. The van der Waals surface area contributed by atoms with Gasteiger partial charge in [-0.05, 0) is 50.4 Å². The van der Waals surface area contributed by atoms with Crippen LogP contribution in [0.3, 0.4) is 0 Å². The highest BCUT2D eigenvalue weighted by Crippen LogP contribution is 2.32. The van der Waals surface area contributed by atoms with E-state index in [-0.39, 0.29) is 12.2 Å². The zero-order valence-corrected chi connectivity index (χ0v) is 16.6. The average Bonchev–Trinajstić information content (AvgIpc) is 3.34. The molecule has 0 radical (unpaired) electrons. The summed E-state index contributed by atoms with van der Waals surface area (Å²) in [6.45, 7) is 2.68. The van der Waals surface area contributed by atoms with E-state index >= 15 is 0 Å². The number of carbonyl (C=O) groups is 1. The lowest BCUT2D eigenvalue weighted by Gasteiger charge is -2.25. The molecule has 1 aromatic carbocycles. The third-order valence-electron chi connectivity index (χ3n) is 5.86. The molecule has 1 aliphatic heterocycles. The van der Waals surface area contributed by atoms with Crippen LogP contribution in [0.2, 0.25) is 0 Å². The summed E-state index contributed by atoms with van der Waals surface area (Å²) in [6.07, 6.45) is -1.11. The molecule has 1 aliphatic rings. The van der Waals surface area contributed by atoms with Crippen molar-refractivity contribution in [2.45, 2.75) is 50.2 Å². The Morgan fingerprint density at radius 2 is 1.97 bits per heavy atom. The lowest BCUT2D eigenvalue weighted by molar-refractivity contribution is -0.137. The normalized spacial score (nSPS) is 20.5. The number of rotatable bonds is 6. The smallest absolute Gasteiger partial charge is 0.305 e. The fourth-order valence-electron chi connectivity index (χ4n) is 4.09. The van der Waals surface area contributed by atoms with Gasteiger partial charge in [-0.1, -0.05) is 30.3 Å². The Kier molecular flexibility index (Phi) is 5.36. The third kappa shape index (κ3) is 4.09. The second-order valence-corrected chi connectivity index (χ2v) is 8.08. The number of hydrogen-bond acceptors (Lipinski definition) is 4. The maximum Gasteiger partial charge on any atom is 0.417 e. The van der Waals surface area contributed by atoms with Gasteiger partial charge in [-0.25, -0.2) is 0 Å². The number of fused-ring (bicyclic) bond motifs is 1. The number of pyridine rings is 1. The van der Waals surface area contributed by atoms with Gasteiger partial charge in [-0.15, -0.1) is 10.2 Å². The van der Waals surface area contributed by atoms with Crippen molar-refractivity contribution in [2.24, 2.45) is 0 Å². The molecule has 30 heavy (non-hydrogen) atoms. The Morgan fingerprint density at radius 3 is 2.63 bits per heavy atom. The molecule has 1 unspecified atom stereocenters. The van der Waals surface area contributed by atoms with Gasteiger partial charge in [0.2, 0.25) is 0 Å². The molecule has 5 nitrogen and oxygen atoms in total. The van der Waals surface area contributed by atoms with Gasteiger partial charge in [0.25, 0.3) is 0 Å². The Hall–Kier alpha value is -2.74. The predicted molar refractivity (Wildman–Crippen MR) is 106 cm³/mol. The van der Waals surface area contributed by atoms with Crippen molar-refractivity contribution in [1.82, 2.24) is 19.9 Å². The number of nitrogens with one attached hydrogen (secondary N) is 1. The largest absolute Gasteiger partial charge is 0.417 e. The van der Waals surface area contributed by atoms with Crippen LogP contribution in [-0.4, -0.2) is 32.5 Å². The molecule has 0 spiro atoms. The lowest BCUT2D eigenvalue weighted by atomic mass is 9.85. The second kappa shape index (κ2) is 7.83. The maximum absolute atomic E-state index is 13.3. The Morgan fingerprint density at radius 1 is 1.20 bits per heavy atom. The summed E-state index contributed by atoms with van der Waals surface area (Å²) in [5, 5.41) is 11.5. The van der Waals surface area contributed by atoms with E-state index in [1.807, 2.05) is 37.3 Å². The molecule has 4 rings (SSSR count). The van der Waals surface area contributed by atoms with Crippen LogP contribution in [0, 0.1) is 0 Å². The van der Waals surface area contributed by atoms with E-state index in [0.717, 1.165) is 37.2 Å². The van der Waals surface area contributed by atoms with E-state index in [0.29, 0.717) is 17.9 Å². The summed E-state index contributed by atoms with van der Waals surface area (Å²) < 4.78 is 41.1. The number of halogens is 3. The van der Waals surface area contributed by atoms with E-state index in [2.05, 4.69) is 15.5 Å². The van der Waals surface area contributed by atoms with Gasteiger partial charge in [-0.2, -0.15) is 13.2 Å². The molecule has 2 atom stereocenters. The fourth-order valence-corrected chi connectivity index (χ4v) is 4.09. The summed E-state index contributed by atoms with van der Waals surface area (Å²) in [4.78, 5) is 13.1. The number of aromatic nitrogens is 3. The minimum Gasteiger partial charge on any atom is -0.305 e. The standard InChI is InChI=1S/C22H23F3N4O/c1-21(10-5-11-26-21)18(30)13-16(12-15-6-3-2-4-7-15)20-28-27-19-9-8-17(14-29(19)20)22(23,24)25/h2-4,6-9,14,16,26H,5,10-13H2,1H3/t16-,21?/m0/s1. The molecule has 8 heteroatoms. The van der Waals surface area contributed by atoms with Crippen molar-refractivity contribution in [3.05, 3.63) is 65.6 Å². The van der Waals surface area contributed by atoms with Gasteiger partial charge in [0.15, 0.2) is 11.4 Å². The van der Waals surface area contributed by atoms with Crippen molar-refractivity contribution >= 4 is 11.4 Å². The van der Waals surface area contributed by atoms with Crippen molar-refractivity contribution < 1.29 is 18.0 Å². The minimum atomic E-state index is -4.47. The molecule has 1 saturated heterocycles. The van der Waals surface area contributed by atoms with Gasteiger partial charge in [0.05, 0.1) is 11.1 Å². The Bertz CT molecular complexity index is 1040. The third-order valence-corrected chi connectivity index (χ3v) is 5.86. The number of carbonyl (C=O) groups excluding carboxylic acids is 1. The first-order chi connectivity index (χ1) is 14.3. The quantitative estimate of drug-likeness (QED) is 0.655. The molecule has 0 saturated carbocycles. The number of ketones is 1. The summed E-state index contributed by atoms with van der Waals surface area (Å²) in [7, 11) is 0. The topological polar surface area (TPSA) is 59.3 Å². The van der Waals surface area contributed by atoms with E-state index in [1.165, 1.54) is 10.5 Å². The average molecular weight is 416 g/mol. The van der Waals surface area contributed by atoms with E-state index in [4.69, 9.17) is 0 Å². The molecule has 3 aromatic rings. The second-order valence-electron chi connectivity index (χ2n) is 8.08. The van der Waals surface area contributed by atoms with E-state index < -0.39 is 23.2 Å². The van der Waals surface area contributed by atoms with Crippen LogP contribution in [0.4, 0.5) is 13.2 Å². The zero-order chi connectivity index (χ0) is 21.4. The Labute approximate surface area is 172 Å². The molecule has 1 fully saturated rings.